The summed E-state index contributed by atoms with van der Waals surface area (Å²) in [4.78, 5) is 0. The molecule has 1 aliphatic heterocycles. The normalized spacial score (nSPS) is 20.2. The van der Waals surface area contributed by atoms with Crippen LogP contribution < -0.4 is 4.74 Å². The third-order valence-corrected chi connectivity index (χ3v) is 5.17. The van der Waals surface area contributed by atoms with Crippen molar-refractivity contribution >= 4 is 10.8 Å². The van der Waals surface area contributed by atoms with Gasteiger partial charge in [-0.2, -0.15) is 0 Å². The van der Waals surface area contributed by atoms with Gasteiger partial charge in [0.1, 0.15) is 18.0 Å². The Bertz CT molecular complexity index is 881. The van der Waals surface area contributed by atoms with Crippen LogP contribution >= 0.6 is 0 Å². The third kappa shape index (κ3) is 3.46. The van der Waals surface area contributed by atoms with E-state index in [4.69, 9.17) is 14.2 Å². The van der Waals surface area contributed by atoms with E-state index in [-0.39, 0.29) is 5.60 Å². The lowest BCUT2D eigenvalue weighted by Gasteiger charge is -2.36. The summed E-state index contributed by atoms with van der Waals surface area (Å²) in [5.74, 6) is 0.859. The first-order valence-electron chi connectivity index (χ1n) is 9.13. The molecule has 1 atom stereocenters. The van der Waals surface area contributed by atoms with Crippen molar-refractivity contribution in [2.24, 2.45) is 0 Å². The number of fused-ring (bicyclic) bond motifs is 1. The van der Waals surface area contributed by atoms with Crippen LogP contribution in [0.15, 0.2) is 66.7 Å². The maximum absolute atomic E-state index is 6.07. The van der Waals surface area contributed by atoms with Gasteiger partial charge >= 0.3 is 0 Å². The summed E-state index contributed by atoms with van der Waals surface area (Å²) in [5.41, 5.74) is 1.92. The predicted octanol–water partition coefficient (Wildman–Crippen LogP) is 5.07. The van der Waals surface area contributed by atoms with Gasteiger partial charge in [0.05, 0.1) is 6.61 Å². The van der Waals surface area contributed by atoms with Crippen LogP contribution in [0.4, 0.5) is 0 Å². The van der Waals surface area contributed by atoms with Gasteiger partial charge in [-0.05, 0) is 52.9 Å². The van der Waals surface area contributed by atoms with Crippen LogP contribution in [0, 0.1) is 0 Å². The monoisotopic (exact) mass is 348 g/mol. The molecule has 1 fully saturated rings. The average molecular weight is 348 g/mol. The maximum Gasteiger partial charge on any atom is 0.120 e. The van der Waals surface area contributed by atoms with Crippen LogP contribution in [-0.2, 0) is 21.7 Å². The fourth-order valence-electron chi connectivity index (χ4n) is 3.64. The van der Waals surface area contributed by atoms with Crippen molar-refractivity contribution in [1.82, 2.24) is 0 Å². The molecule has 0 bridgehead atoms. The smallest absolute Gasteiger partial charge is 0.120 e. The van der Waals surface area contributed by atoms with E-state index >= 15 is 0 Å². The molecule has 3 aromatic carbocycles. The Hall–Kier alpha value is -2.36. The molecule has 0 spiro atoms. The van der Waals surface area contributed by atoms with E-state index in [1.165, 1.54) is 10.8 Å². The van der Waals surface area contributed by atoms with Crippen molar-refractivity contribution in [1.29, 1.82) is 0 Å². The molecule has 1 saturated heterocycles. The van der Waals surface area contributed by atoms with Gasteiger partial charge in [0.15, 0.2) is 0 Å². The van der Waals surface area contributed by atoms with E-state index in [0.717, 1.165) is 36.3 Å². The van der Waals surface area contributed by atoms with E-state index in [1.807, 2.05) is 12.1 Å². The summed E-state index contributed by atoms with van der Waals surface area (Å²) in [7, 11) is 1.76. The van der Waals surface area contributed by atoms with Gasteiger partial charge in [0.25, 0.3) is 0 Å². The van der Waals surface area contributed by atoms with Gasteiger partial charge in [0, 0.05) is 13.7 Å². The van der Waals surface area contributed by atoms with Crippen molar-refractivity contribution in [3.8, 4) is 5.75 Å². The number of methoxy groups -OCH3 is 1. The minimum Gasteiger partial charge on any atom is -0.489 e. The molecule has 0 N–H and O–H groups in total. The second-order valence-corrected chi connectivity index (χ2v) is 6.85. The molecule has 0 aliphatic carbocycles. The Morgan fingerprint density at radius 2 is 1.85 bits per heavy atom. The largest absolute Gasteiger partial charge is 0.489 e. The highest BCUT2D eigenvalue weighted by atomic mass is 16.5. The molecule has 3 aromatic rings. The van der Waals surface area contributed by atoms with E-state index in [9.17, 15) is 0 Å². The standard InChI is InChI=1S/C23H24O3/c1-24-23(12-5-13-25-17-23)21-8-4-9-22(15-21)26-16-18-10-11-19-6-2-3-7-20(19)14-18/h2-4,6-11,14-15H,5,12-13,16-17H2,1H3. The van der Waals surface area contributed by atoms with Crippen LogP contribution in [0.1, 0.15) is 24.0 Å². The fraction of sp³-hybridized carbons (Fsp3) is 0.304. The maximum atomic E-state index is 6.07. The highest BCUT2D eigenvalue weighted by Gasteiger charge is 2.35. The van der Waals surface area contributed by atoms with E-state index < -0.39 is 0 Å². The quantitative estimate of drug-likeness (QED) is 0.644. The zero-order valence-corrected chi connectivity index (χ0v) is 15.1. The summed E-state index contributed by atoms with van der Waals surface area (Å²) in [6, 6.07) is 23.0. The molecule has 0 saturated carbocycles. The molecule has 3 nitrogen and oxygen atoms in total. The van der Waals surface area contributed by atoms with Crippen molar-refractivity contribution in [2.45, 2.75) is 25.0 Å². The van der Waals surface area contributed by atoms with Gasteiger partial charge in [0.2, 0.25) is 0 Å². The number of ether oxygens (including phenoxy) is 3. The van der Waals surface area contributed by atoms with Crippen molar-refractivity contribution in [3.05, 3.63) is 77.9 Å². The van der Waals surface area contributed by atoms with Crippen LogP contribution in [0.25, 0.3) is 10.8 Å². The van der Waals surface area contributed by atoms with E-state index in [2.05, 4.69) is 54.6 Å². The van der Waals surface area contributed by atoms with Crippen molar-refractivity contribution in [3.63, 3.8) is 0 Å². The van der Waals surface area contributed by atoms with Crippen LogP contribution in [0.3, 0.4) is 0 Å². The van der Waals surface area contributed by atoms with Gasteiger partial charge in [-0.1, -0.05) is 48.5 Å². The molecule has 0 aromatic heterocycles. The Morgan fingerprint density at radius 1 is 0.962 bits per heavy atom. The van der Waals surface area contributed by atoms with Crippen molar-refractivity contribution in [2.75, 3.05) is 20.3 Å². The lowest BCUT2D eigenvalue weighted by molar-refractivity contribution is -0.115. The molecule has 1 unspecified atom stereocenters. The molecule has 4 rings (SSSR count). The van der Waals surface area contributed by atoms with Gasteiger partial charge in [-0.3, -0.25) is 0 Å². The molecular weight excluding hydrogens is 324 g/mol. The minimum atomic E-state index is -0.361. The van der Waals surface area contributed by atoms with Crippen LogP contribution in [0.2, 0.25) is 0 Å². The molecule has 0 amide bonds. The van der Waals surface area contributed by atoms with E-state index in [0.29, 0.717) is 13.2 Å². The lowest BCUT2D eigenvalue weighted by atomic mass is 9.88. The minimum absolute atomic E-state index is 0.361. The zero-order chi connectivity index (χ0) is 17.8. The Balaban J connectivity index is 1.51. The summed E-state index contributed by atoms with van der Waals surface area (Å²) < 4.78 is 17.6. The molecule has 3 heteroatoms. The molecule has 0 radical (unpaired) electrons. The van der Waals surface area contributed by atoms with Crippen molar-refractivity contribution < 1.29 is 14.2 Å². The zero-order valence-electron chi connectivity index (χ0n) is 15.1. The SMILES string of the molecule is COC1(c2cccc(OCc3ccc4ccccc4c3)c2)CCCOC1. The Morgan fingerprint density at radius 3 is 2.65 bits per heavy atom. The van der Waals surface area contributed by atoms with Crippen LogP contribution in [-0.4, -0.2) is 20.3 Å². The van der Waals surface area contributed by atoms with Gasteiger partial charge < -0.3 is 14.2 Å². The molecule has 1 aliphatic rings. The number of rotatable bonds is 5. The molecule has 134 valence electrons. The summed E-state index contributed by atoms with van der Waals surface area (Å²) in [5, 5.41) is 2.48. The Labute approximate surface area is 154 Å². The van der Waals surface area contributed by atoms with Crippen LogP contribution in [0.5, 0.6) is 5.75 Å². The number of hydrogen-bond donors (Lipinski definition) is 0. The fourth-order valence-corrected chi connectivity index (χ4v) is 3.64. The number of benzene rings is 3. The predicted molar refractivity (Wildman–Crippen MR) is 103 cm³/mol. The van der Waals surface area contributed by atoms with Gasteiger partial charge in [-0.15, -0.1) is 0 Å². The summed E-state index contributed by atoms with van der Waals surface area (Å²) >= 11 is 0. The first-order valence-corrected chi connectivity index (χ1v) is 9.13. The second-order valence-electron chi connectivity index (χ2n) is 6.85. The van der Waals surface area contributed by atoms with E-state index in [1.54, 1.807) is 7.11 Å². The molecular formula is C23H24O3. The highest BCUT2D eigenvalue weighted by Crippen LogP contribution is 2.35. The highest BCUT2D eigenvalue weighted by molar-refractivity contribution is 5.82. The lowest BCUT2D eigenvalue weighted by Crippen LogP contribution is -2.37. The first-order chi connectivity index (χ1) is 12.8. The topological polar surface area (TPSA) is 27.7 Å². The number of hydrogen-bond acceptors (Lipinski definition) is 3. The summed E-state index contributed by atoms with van der Waals surface area (Å²) in [6.45, 7) is 1.95. The summed E-state index contributed by atoms with van der Waals surface area (Å²) in [6.07, 6.45) is 1.98. The second kappa shape index (κ2) is 7.48. The first kappa shape index (κ1) is 17.1. The van der Waals surface area contributed by atoms with Gasteiger partial charge in [-0.25, -0.2) is 0 Å². The molecule has 1 heterocycles. The average Bonchev–Trinajstić information content (AvgIpc) is 2.73. The third-order valence-electron chi connectivity index (χ3n) is 5.17. The molecule has 26 heavy (non-hydrogen) atoms. The Kier molecular flexibility index (Phi) is 4.91.